The van der Waals surface area contributed by atoms with E-state index in [0.717, 1.165) is 42.9 Å². The van der Waals surface area contributed by atoms with Crippen molar-refractivity contribution in [3.8, 4) is 10.4 Å². The summed E-state index contributed by atoms with van der Waals surface area (Å²) in [6.45, 7) is 3.93. The summed E-state index contributed by atoms with van der Waals surface area (Å²) in [5.41, 5.74) is 0.903. The van der Waals surface area contributed by atoms with Gasteiger partial charge in [0, 0.05) is 48.4 Å². The molecule has 1 aromatic carbocycles. The topological polar surface area (TPSA) is 52.7 Å². The molecule has 0 radical (unpaired) electrons. The highest BCUT2D eigenvalue weighted by atomic mass is 32.1. The molecule has 2 fully saturated rings. The number of nitrogens with zero attached hydrogens (tertiary/aromatic N) is 2. The first kappa shape index (κ1) is 19.1. The van der Waals surface area contributed by atoms with E-state index < -0.39 is 0 Å². The number of carbonyl (C=O) groups is 2. The molecular formula is C21H24FN3O2S. The lowest BCUT2D eigenvalue weighted by atomic mass is 10.2. The Hall–Kier alpha value is -2.25. The summed E-state index contributed by atoms with van der Waals surface area (Å²) in [5, 5.41) is 2.75. The van der Waals surface area contributed by atoms with Crippen molar-refractivity contribution >= 4 is 23.2 Å². The second kappa shape index (κ2) is 8.41. The lowest BCUT2D eigenvalue weighted by Gasteiger charge is -2.34. The van der Waals surface area contributed by atoms with Crippen molar-refractivity contribution in [2.75, 3.05) is 32.7 Å². The van der Waals surface area contributed by atoms with Crippen LogP contribution in [0.15, 0.2) is 36.4 Å². The zero-order valence-corrected chi connectivity index (χ0v) is 16.5. The molecule has 1 aliphatic heterocycles. The highest BCUT2D eigenvalue weighted by Gasteiger charge is 2.30. The van der Waals surface area contributed by atoms with E-state index in [1.54, 1.807) is 23.5 Å². The van der Waals surface area contributed by atoms with Crippen LogP contribution in [-0.4, -0.2) is 54.3 Å². The maximum Gasteiger partial charge on any atom is 0.242 e. The summed E-state index contributed by atoms with van der Waals surface area (Å²) >= 11 is 1.68. The van der Waals surface area contributed by atoms with E-state index in [9.17, 15) is 14.0 Å². The van der Waals surface area contributed by atoms with Gasteiger partial charge in [-0.15, -0.1) is 11.3 Å². The van der Waals surface area contributed by atoms with Gasteiger partial charge in [-0.3, -0.25) is 14.5 Å². The molecular weight excluding hydrogens is 377 g/mol. The summed E-state index contributed by atoms with van der Waals surface area (Å²) in [5.74, 6) is -0.0776. The molecule has 4 rings (SSSR count). The van der Waals surface area contributed by atoms with Gasteiger partial charge in [-0.05, 0) is 42.7 Å². The minimum Gasteiger partial charge on any atom is -0.347 e. The van der Waals surface area contributed by atoms with Crippen LogP contribution in [0.4, 0.5) is 4.39 Å². The van der Waals surface area contributed by atoms with E-state index in [0.29, 0.717) is 13.1 Å². The van der Waals surface area contributed by atoms with Crippen LogP contribution in [0.3, 0.4) is 0 Å². The number of halogens is 1. The Labute approximate surface area is 168 Å². The second-order valence-corrected chi connectivity index (χ2v) is 8.59. The predicted octanol–water partition coefficient (Wildman–Crippen LogP) is 2.72. The first-order valence-electron chi connectivity index (χ1n) is 9.71. The maximum absolute atomic E-state index is 13.4. The van der Waals surface area contributed by atoms with E-state index >= 15 is 0 Å². The minimum atomic E-state index is -0.221. The standard InChI is InChI=1S/C21H24FN3O2S/c22-17-3-1-2-16(12-17)19-7-6-18(28-19)14-24-8-10-25(11-9-24)20(26)13-23-21(27)15-4-5-15/h1-3,6-7,12,15H,4-5,8-11,13-14H2,(H,23,27). The largest absolute Gasteiger partial charge is 0.347 e. The first-order chi connectivity index (χ1) is 13.6. The number of hydrogen-bond acceptors (Lipinski definition) is 4. The Morgan fingerprint density at radius 3 is 2.61 bits per heavy atom. The highest BCUT2D eigenvalue weighted by Crippen LogP contribution is 2.30. The summed E-state index contributed by atoms with van der Waals surface area (Å²) in [7, 11) is 0. The van der Waals surface area contributed by atoms with Crippen LogP contribution in [0.5, 0.6) is 0 Å². The Bertz CT molecular complexity index is 857. The Balaban J connectivity index is 1.24. The van der Waals surface area contributed by atoms with Gasteiger partial charge in [-0.25, -0.2) is 4.39 Å². The van der Waals surface area contributed by atoms with E-state index in [1.807, 2.05) is 17.0 Å². The fraction of sp³-hybridized carbons (Fsp3) is 0.429. The van der Waals surface area contributed by atoms with Gasteiger partial charge >= 0.3 is 0 Å². The number of amides is 2. The number of piperazine rings is 1. The number of hydrogen-bond donors (Lipinski definition) is 1. The highest BCUT2D eigenvalue weighted by molar-refractivity contribution is 7.15. The summed E-state index contributed by atoms with van der Waals surface area (Å²) in [6.07, 6.45) is 1.89. The van der Waals surface area contributed by atoms with Crippen molar-refractivity contribution in [3.63, 3.8) is 0 Å². The van der Waals surface area contributed by atoms with Gasteiger partial charge in [0.1, 0.15) is 5.82 Å². The monoisotopic (exact) mass is 401 g/mol. The zero-order valence-electron chi connectivity index (χ0n) is 15.7. The lowest BCUT2D eigenvalue weighted by Crippen LogP contribution is -2.50. The van der Waals surface area contributed by atoms with Crippen LogP contribution in [-0.2, 0) is 16.1 Å². The van der Waals surface area contributed by atoms with Crippen LogP contribution in [0.2, 0.25) is 0 Å². The summed E-state index contributed by atoms with van der Waals surface area (Å²) < 4.78 is 13.4. The summed E-state index contributed by atoms with van der Waals surface area (Å²) in [4.78, 5) is 30.4. The molecule has 2 aliphatic rings. The smallest absolute Gasteiger partial charge is 0.242 e. The normalized spacial score (nSPS) is 17.5. The Kier molecular flexibility index (Phi) is 5.73. The Morgan fingerprint density at radius 1 is 1.11 bits per heavy atom. The molecule has 1 aliphatic carbocycles. The zero-order chi connectivity index (χ0) is 19.5. The van der Waals surface area contributed by atoms with E-state index in [-0.39, 0.29) is 30.1 Å². The predicted molar refractivity (Wildman–Crippen MR) is 107 cm³/mol. The van der Waals surface area contributed by atoms with Gasteiger partial charge < -0.3 is 10.2 Å². The van der Waals surface area contributed by atoms with Crippen molar-refractivity contribution in [3.05, 3.63) is 47.1 Å². The van der Waals surface area contributed by atoms with Crippen molar-refractivity contribution in [2.24, 2.45) is 5.92 Å². The second-order valence-electron chi connectivity index (χ2n) is 7.43. The quantitative estimate of drug-likeness (QED) is 0.810. The van der Waals surface area contributed by atoms with Crippen molar-refractivity contribution < 1.29 is 14.0 Å². The molecule has 148 valence electrons. The van der Waals surface area contributed by atoms with E-state index in [2.05, 4.69) is 16.3 Å². The van der Waals surface area contributed by atoms with E-state index in [4.69, 9.17) is 0 Å². The third kappa shape index (κ3) is 4.77. The van der Waals surface area contributed by atoms with Gasteiger partial charge in [0.25, 0.3) is 0 Å². The van der Waals surface area contributed by atoms with Gasteiger partial charge in [0.15, 0.2) is 0 Å². The summed E-state index contributed by atoms with van der Waals surface area (Å²) in [6, 6.07) is 10.8. The lowest BCUT2D eigenvalue weighted by molar-refractivity contribution is -0.134. The average molecular weight is 402 g/mol. The van der Waals surface area contributed by atoms with Crippen LogP contribution >= 0.6 is 11.3 Å². The minimum absolute atomic E-state index is 0.00170. The molecule has 2 amide bonds. The molecule has 2 heterocycles. The number of nitrogens with one attached hydrogen (secondary N) is 1. The number of rotatable bonds is 6. The molecule has 1 N–H and O–H groups in total. The first-order valence-corrected chi connectivity index (χ1v) is 10.5. The molecule has 1 saturated carbocycles. The molecule has 0 bridgehead atoms. The van der Waals surface area contributed by atoms with Crippen LogP contribution in [0.25, 0.3) is 10.4 Å². The molecule has 1 saturated heterocycles. The fourth-order valence-electron chi connectivity index (χ4n) is 3.40. The fourth-order valence-corrected chi connectivity index (χ4v) is 4.45. The molecule has 2 aromatic rings. The van der Waals surface area contributed by atoms with Gasteiger partial charge in [0.05, 0.1) is 6.54 Å². The van der Waals surface area contributed by atoms with Crippen LogP contribution < -0.4 is 5.32 Å². The third-order valence-electron chi connectivity index (χ3n) is 5.24. The number of carbonyl (C=O) groups excluding carboxylic acids is 2. The van der Waals surface area contributed by atoms with Crippen LogP contribution in [0.1, 0.15) is 17.7 Å². The maximum atomic E-state index is 13.4. The molecule has 28 heavy (non-hydrogen) atoms. The van der Waals surface area contributed by atoms with Crippen molar-refractivity contribution in [1.82, 2.24) is 15.1 Å². The Morgan fingerprint density at radius 2 is 1.89 bits per heavy atom. The SMILES string of the molecule is O=C(NCC(=O)N1CCN(Cc2ccc(-c3cccc(F)c3)s2)CC1)C1CC1. The van der Waals surface area contributed by atoms with Crippen molar-refractivity contribution in [1.29, 1.82) is 0 Å². The van der Waals surface area contributed by atoms with Crippen LogP contribution in [0, 0.1) is 11.7 Å². The molecule has 5 nitrogen and oxygen atoms in total. The van der Waals surface area contributed by atoms with E-state index in [1.165, 1.54) is 10.9 Å². The van der Waals surface area contributed by atoms with Crippen molar-refractivity contribution in [2.45, 2.75) is 19.4 Å². The van der Waals surface area contributed by atoms with Gasteiger partial charge in [-0.1, -0.05) is 12.1 Å². The van der Waals surface area contributed by atoms with Gasteiger partial charge in [-0.2, -0.15) is 0 Å². The third-order valence-corrected chi connectivity index (χ3v) is 6.36. The number of benzene rings is 1. The van der Waals surface area contributed by atoms with Gasteiger partial charge in [0.2, 0.25) is 11.8 Å². The molecule has 0 atom stereocenters. The molecule has 0 unspecified atom stereocenters. The number of thiophene rings is 1. The average Bonchev–Trinajstić information content (AvgIpc) is 3.46. The molecule has 7 heteroatoms. The molecule has 1 aromatic heterocycles. The molecule has 0 spiro atoms.